The molecule has 5 heteroatoms. The van der Waals surface area contributed by atoms with Gasteiger partial charge in [-0.2, -0.15) is 0 Å². The highest BCUT2D eigenvalue weighted by Gasteiger charge is 2.37. The van der Waals surface area contributed by atoms with Crippen LogP contribution < -0.4 is 4.90 Å². The molecule has 0 radical (unpaired) electrons. The molecule has 4 rings (SSSR count). The van der Waals surface area contributed by atoms with Crippen LogP contribution in [-0.2, 0) is 9.63 Å². The fourth-order valence-corrected chi connectivity index (χ4v) is 3.99. The van der Waals surface area contributed by atoms with Gasteiger partial charge in [-0.1, -0.05) is 41.6 Å². The standard InChI is InChI=1S/C24H22N2O3/c1-4-26-22-13-12-17(24(28)18-9-6-5-8-15(18)2)14-20(22)19-10-7-11-21(23(19)26)25-29-16(3)27/h5-14,23H,4H2,1-3H3. The van der Waals surface area contributed by atoms with Crippen molar-refractivity contribution in [1.29, 1.82) is 0 Å². The molecular formula is C24H22N2O3. The van der Waals surface area contributed by atoms with Gasteiger partial charge in [-0.25, -0.2) is 4.79 Å². The van der Waals surface area contributed by atoms with Gasteiger partial charge in [0.15, 0.2) is 5.78 Å². The first-order chi connectivity index (χ1) is 14.0. The van der Waals surface area contributed by atoms with Crippen LogP contribution in [0.3, 0.4) is 0 Å². The SMILES string of the molecule is CCN1c2ccc(C(=O)c3ccccc3C)cc2C2=CC=CC(=NOC(C)=O)C21. The number of allylic oxidation sites excluding steroid dienone is 2. The number of carbonyl (C=O) groups excluding carboxylic acids is 2. The van der Waals surface area contributed by atoms with Gasteiger partial charge in [-0.05, 0) is 49.3 Å². The van der Waals surface area contributed by atoms with Crippen molar-refractivity contribution < 1.29 is 14.4 Å². The molecule has 0 saturated heterocycles. The summed E-state index contributed by atoms with van der Waals surface area (Å²) in [5.41, 5.74) is 6.10. The number of hydrogen-bond acceptors (Lipinski definition) is 5. The van der Waals surface area contributed by atoms with Crippen LogP contribution in [0, 0.1) is 6.92 Å². The second-order valence-electron chi connectivity index (χ2n) is 7.14. The Hall–Kier alpha value is -3.47. The third kappa shape index (κ3) is 3.29. The van der Waals surface area contributed by atoms with Crippen molar-refractivity contribution in [2.24, 2.45) is 5.16 Å². The molecule has 2 aromatic rings. The summed E-state index contributed by atoms with van der Waals surface area (Å²) in [7, 11) is 0. The number of aryl methyl sites for hydroxylation is 1. The van der Waals surface area contributed by atoms with E-state index in [-0.39, 0.29) is 11.8 Å². The predicted octanol–water partition coefficient (Wildman–Crippen LogP) is 4.31. The Morgan fingerprint density at radius 3 is 2.69 bits per heavy atom. The van der Waals surface area contributed by atoms with E-state index < -0.39 is 5.97 Å². The highest BCUT2D eigenvalue weighted by Crippen LogP contribution is 2.43. The van der Waals surface area contributed by atoms with Crippen molar-refractivity contribution in [3.05, 3.63) is 82.9 Å². The molecule has 5 nitrogen and oxygen atoms in total. The minimum Gasteiger partial charge on any atom is -0.358 e. The lowest BCUT2D eigenvalue weighted by molar-refractivity contribution is -0.140. The molecule has 29 heavy (non-hydrogen) atoms. The quantitative estimate of drug-likeness (QED) is 0.446. The first-order valence-corrected chi connectivity index (χ1v) is 9.66. The molecule has 0 amide bonds. The van der Waals surface area contributed by atoms with E-state index in [9.17, 15) is 9.59 Å². The zero-order chi connectivity index (χ0) is 20.5. The lowest BCUT2D eigenvalue weighted by Crippen LogP contribution is -2.38. The summed E-state index contributed by atoms with van der Waals surface area (Å²) >= 11 is 0. The van der Waals surface area contributed by atoms with Crippen LogP contribution in [0.4, 0.5) is 5.69 Å². The van der Waals surface area contributed by atoms with Crippen molar-refractivity contribution >= 4 is 28.7 Å². The van der Waals surface area contributed by atoms with Gasteiger partial charge in [0.05, 0.1) is 0 Å². The monoisotopic (exact) mass is 386 g/mol. The Morgan fingerprint density at radius 1 is 1.17 bits per heavy atom. The van der Waals surface area contributed by atoms with Crippen molar-refractivity contribution in [3.8, 4) is 0 Å². The molecule has 0 N–H and O–H groups in total. The minimum absolute atomic E-state index is 0.0122. The average molecular weight is 386 g/mol. The Balaban J connectivity index is 1.76. The maximum atomic E-state index is 13.1. The van der Waals surface area contributed by atoms with E-state index in [1.165, 1.54) is 6.92 Å². The summed E-state index contributed by atoms with van der Waals surface area (Å²) in [6.07, 6.45) is 5.78. The van der Waals surface area contributed by atoms with Crippen LogP contribution in [0.1, 0.15) is 40.9 Å². The van der Waals surface area contributed by atoms with E-state index in [4.69, 9.17) is 4.84 Å². The number of rotatable bonds is 4. The zero-order valence-corrected chi connectivity index (χ0v) is 16.7. The number of fused-ring (bicyclic) bond motifs is 3. The van der Waals surface area contributed by atoms with E-state index in [0.29, 0.717) is 16.8 Å². The lowest BCUT2D eigenvalue weighted by atomic mass is 9.92. The largest absolute Gasteiger partial charge is 0.358 e. The Bertz CT molecular complexity index is 1100. The van der Waals surface area contributed by atoms with Gasteiger partial charge in [-0.3, -0.25) is 4.79 Å². The van der Waals surface area contributed by atoms with Crippen LogP contribution in [0.5, 0.6) is 0 Å². The number of ketones is 1. The van der Waals surface area contributed by atoms with E-state index >= 15 is 0 Å². The fraction of sp³-hybridized carbons (Fsp3) is 0.208. The summed E-state index contributed by atoms with van der Waals surface area (Å²) in [5, 5.41) is 4.05. The van der Waals surface area contributed by atoms with Crippen LogP contribution in [0.2, 0.25) is 0 Å². The van der Waals surface area contributed by atoms with E-state index in [2.05, 4.69) is 17.0 Å². The first-order valence-electron chi connectivity index (χ1n) is 9.66. The highest BCUT2D eigenvalue weighted by molar-refractivity contribution is 6.16. The van der Waals surface area contributed by atoms with Crippen molar-refractivity contribution in [3.63, 3.8) is 0 Å². The molecule has 146 valence electrons. The van der Waals surface area contributed by atoms with Gasteiger partial charge in [-0.15, -0.1) is 0 Å². The number of carbonyl (C=O) groups is 2. The summed E-state index contributed by atoms with van der Waals surface area (Å²) in [4.78, 5) is 31.4. The number of nitrogens with zero attached hydrogens (tertiary/aromatic N) is 2. The van der Waals surface area contributed by atoms with E-state index in [0.717, 1.165) is 28.9 Å². The van der Waals surface area contributed by atoms with Gasteiger partial charge in [0.2, 0.25) is 0 Å². The molecule has 0 spiro atoms. The molecule has 1 unspecified atom stereocenters. The first kappa shape index (κ1) is 18.9. The van der Waals surface area contributed by atoms with Crippen LogP contribution in [0.25, 0.3) is 5.57 Å². The molecule has 1 aliphatic carbocycles. The number of hydrogen-bond donors (Lipinski definition) is 0. The maximum absolute atomic E-state index is 13.1. The normalized spacial score (nSPS) is 18.3. The Kier molecular flexibility index (Phi) is 4.89. The predicted molar refractivity (Wildman–Crippen MR) is 114 cm³/mol. The van der Waals surface area contributed by atoms with Crippen molar-refractivity contribution in [1.82, 2.24) is 0 Å². The Labute approximate surface area is 170 Å². The number of anilines is 1. The molecular weight excluding hydrogens is 364 g/mol. The molecule has 1 aliphatic heterocycles. The van der Waals surface area contributed by atoms with Crippen LogP contribution in [-0.4, -0.2) is 30.1 Å². The van der Waals surface area contributed by atoms with E-state index in [1.54, 1.807) is 0 Å². The topological polar surface area (TPSA) is 59.0 Å². The van der Waals surface area contributed by atoms with Crippen molar-refractivity contribution in [2.45, 2.75) is 26.8 Å². The molecule has 1 atom stereocenters. The van der Waals surface area contributed by atoms with Gasteiger partial charge in [0, 0.05) is 35.8 Å². The molecule has 0 fully saturated rings. The average Bonchev–Trinajstić information content (AvgIpc) is 3.05. The smallest absolute Gasteiger partial charge is 0.331 e. The maximum Gasteiger partial charge on any atom is 0.331 e. The van der Waals surface area contributed by atoms with Gasteiger partial charge in [0.1, 0.15) is 11.8 Å². The van der Waals surface area contributed by atoms with Gasteiger partial charge < -0.3 is 9.74 Å². The van der Waals surface area contributed by atoms with Crippen LogP contribution in [0.15, 0.2) is 65.8 Å². The van der Waals surface area contributed by atoms with Gasteiger partial charge >= 0.3 is 5.97 Å². The highest BCUT2D eigenvalue weighted by atomic mass is 16.7. The van der Waals surface area contributed by atoms with Crippen molar-refractivity contribution in [2.75, 3.05) is 11.4 Å². The third-order valence-corrected chi connectivity index (χ3v) is 5.32. The zero-order valence-electron chi connectivity index (χ0n) is 16.7. The molecule has 2 aliphatic rings. The molecule has 0 aromatic heterocycles. The summed E-state index contributed by atoms with van der Waals surface area (Å²) in [6, 6.07) is 13.3. The second kappa shape index (κ2) is 7.51. The second-order valence-corrected chi connectivity index (χ2v) is 7.14. The molecule has 2 aromatic carbocycles. The Morgan fingerprint density at radius 2 is 1.97 bits per heavy atom. The third-order valence-electron chi connectivity index (χ3n) is 5.32. The van der Waals surface area contributed by atoms with Gasteiger partial charge in [0.25, 0.3) is 0 Å². The molecule has 0 bridgehead atoms. The summed E-state index contributed by atoms with van der Waals surface area (Å²) in [5.74, 6) is -0.440. The molecule has 1 heterocycles. The number of oxime groups is 1. The number of likely N-dealkylation sites (N-methyl/N-ethyl adjacent to an activating group) is 1. The van der Waals surface area contributed by atoms with Crippen LogP contribution >= 0.6 is 0 Å². The fourth-order valence-electron chi connectivity index (χ4n) is 3.99. The summed E-state index contributed by atoms with van der Waals surface area (Å²) in [6.45, 7) is 6.10. The minimum atomic E-state index is -0.452. The molecule has 0 saturated carbocycles. The van der Waals surface area contributed by atoms with E-state index in [1.807, 2.05) is 67.6 Å². The lowest BCUT2D eigenvalue weighted by Gasteiger charge is -2.27. The summed E-state index contributed by atoms with van der Waals surface area (Å²) < 4.78 is 0. The number of benzene rings is 2.